The summed E-state index contributed by atoms with van der Waals surface area (Å²) in [5.74, 6) is -0.131. The fourth-order valence-electron chi connectivity index (χ4n) is 1.65. The van der Waals surface area contributed by atoms with E-state index in [0.29, 0.717) is 10.7 Å². The first-order valence-electron chi connectivity index (χ1n) is 5.75. The number of hydrogen-bond acceptors (Lipinski definition) is 3. The highest BCUT2D eigenvalue weighted by Crippen LogP contribution is 2.05. The number of carbonyl (C=O) groups excluding carboxylic acids is 1. The second-order valence-corrected chi connectivity index (χ2v) is 4.13. The zero-order chi connectivity index (χ0) is 12.8. The lowest BCUT2D eigenvalue weighted by Gasteiger charge is -2.26. The smallest absolute Gasteiger partial charge is 0.254 e. The molecular weight excluding hydrogens is 273 g/mol. The van der Waals surface area contributed by atoms with Crippen molar-refractivity contribution in [2.75, 3.05) is 13.1 Å². The van der Waals surface area contributed by atoms with Crippen molar-refractivity contribution in [3.8, 4) is 0 Å². The quantitative estimate of drug-likeness (QED) is 0.670. The Morgan fingerprint density at radius 3 is 2.50 bits per heavy atom. The van der Waals surface area contributed by atoms with Gasteiger partial charge in [0.1, 0.15) is 5.15 Å². The lowest BCUT2D eigenvalue weighted by Crippen LogP contribution is -2.46. The third-order valence-electron chi connectivity index (χ3n) is 2.69. The van der Waals surface area contributed by atoms with Gasteiger partial charge in [-0.2, -0.15) is 0 Å². The Kier molecular flexibility index (Phi) is 7.91. The molecule has 1 rings (SSSR count). The van der Waals surface area contributed by atoms with E-state index in [4.69, 9.17) is 11.6 Å². The third-order valence-corrected chi connectivity index (χ3v) is 2.91. The standard InChI is InChI=1S/C12H18ClN3O.ClH/c1-4-16(5-2)9(3)15-12(17)10-6-7-11(13)14-8-10;/h6-9H,4-5H2,1-3H3,(H,15,17);1H. The summed E-state index contributed by atoms with van der Waals surface area (Å²) < 4.78 is 0. The Balaban J connectivity index is 0.00000289. The number of pyridine rings is 1. The average molecular weight is 292 g/mol. The van der Waals surface area contributed by atoms with Gasteiger partial charge in [0.15, 0.2) is 0 Å². The number of nitrogens with one attached hydrogen (secondary N) is 1. The highest BCUT2D eigenvalue weighted by atomic mass is 35.5. The topological polar surface area (TPSA) is 45.2 Å². The van der Waals surface area contributed by atoms with Gasteiger partial charge in [0.2, 0.25) is 0 Å². The summed E-state index contributed by atoms with van der Waals surface area (Å²) >= 11 is 5.67. The molecule has 0 bridgehead atoms. The summed E-state index contributed by atoms with van der Waals surface area (Å²) in [6, 6.07) is 3.28. The van der Waals surface area contributed by atoms with Crippen LogP contribution in [0.2, 0.25) is 5.15 Å². The molecule has 0 saturated carbocycles. The molecule has 0 spiro atoms. The van der Waals surface area contributed by atoms with Crippen molar-refractivity contribution in [2.24, 2.45) is 0 Å². The summed E-state index contributed by atoms with van der Waals surface area (Å²) in [6.45, 7) is 7.90. The Labute approximate surface area is 119 Å². The number of rotatable bonds is 5. The van der Waals surface area contributed by atoms with Crippen molar-refractivity contribution in [1.82, 2.24) is 15.2 Å². The molecule has 4 nitrogen and oxygen atoms in total. The largest absolute Gasteiger partial charge is 0.337 e. The summed E-state index contributed by atoms with van der Waals surface area (Å²) in [7, 11) is 0. The molecule has 6 heteroatoms. The van der Waals surface area contributed by atoms with E-state index in [1.807, 2.05) is 6.92 Å². The van der Waals surface area contributed by atoms with Crippen LogP contribution in [0.15, 0.2) is 18.3 Å². The van der Waals surface area contributed by atoms with Crippen molar-refractivity contribution in [1.29, 1.82) is 0 Å². The van der Waals surface area contributed by atoms with E-state index >= 15 is 0 Å². The van der Waals surface area contributed by atoms with Crippen LogP contribution < -0.4 is 5.32 Å². The number of hydrogen-bond donors (Lipinski definition) is 1. The number of amides is 1. The molecule has 1 unspecified atom stereocenters. The van der Waals surface area contributed by atoms with Gasteiger partial charge < -0.3 is 5.32 Å². The Hall–Kier alpha value is -0.840. The van der Waals surface area contributed by atoms with Gasteiger partial charge >= 0.3 is 0 Å². The summed E-state index contributed by atoms with van der Waals surface area (Å²) in [5.41, 5.74) is 0.522. The average Bonchev–Trinajstić information content (AvgIpc) is 2.31. The summed E-state index contributed by atoms with van der Waals surface area (Å²) in [4.78, 5) is 17.9. The van der Waals surface area contributed by atoms with E-state index in [-0.39, 0.29) is 24.5 Å². The van der Waals surface area contributed by atoms with Crippen LogP contribution in [0.1, 0.15) is 31.1 Å². The van der Waals surface area contributed by atoms with E-state index in [1.165, 1.54) is 6.20 Å². The molecule has 0 radical (unpaired) electrons. The van der Waals surface area contributed by atoms with Gasteiger partial charge in [-0.15, -0.1) is 12.4 Å². The van der Waals surface area contributed by atoms with Gasteiger partial charge in [-0.25, -0.2) is 4.98 Å². The maximum Gasteiger partial charge on any atom is 0.254 e. The third kappa shape index (κ3) is 4.80. The molecule has 0 aliphatic carbocycles. The molecule has 0 aliphatic rings. The monoisotopic (exact) mass is 291 g/mol. The van der Waals surface area contributed by atoms with Gasteiger partial charge in [0.25, 0.3) is 5.91 Å². The van der Waals surface area contributed by atoms with Crippen LogP contribution >= 0.6 is 24.0 Å². The first kappa shape index (κ1) is 17.2. The van der Waals surface area contributed by atoms with E-state index in [0.717, 1.165) is 13.1 Å². The highest BCUT2D eigenvalue weighted by molar-refractivity contribution is 6.29. The molecular formula is C12H19Cl2N3O. The predicted octanol–water partition coefficient (Wildman–Crippen LogP) is 2.57. The number of nitrogens with zero attached hydrogens (tertiary/aromatic N) is 2. The van der Waals surface area contributed by atoms with Gasteiger partial charge in [0, 0.05) is 6.20 Å². The lowest BCUT2D eigenvalue weighted by molar-refractivity contribution is 0.0874. The molecule has 1 atom stereocenters. The van der Waals surface area contributed by atoms with Crippen molar-refractivity contribution in [2.45, 2.75) is 26.9 Å². The van der Waals surface area contributed by atoms with E-state index < -0.39 is 0 Å². The van der Waals surface area contributed by atoms with Gasteiger partial charge in [0.05, 0.1) is 11.7 Å². The van der Waals surface area contributed by atoms with Gasteiger partial charge in [-0.1, -0.05) is 25.4 Å². The van der Waals surface area contributed by atoms with Crippen molar-refractivity contribution in [3.63, 3.8) is 0 Å². The van der Waals surface area contributed by atoms with E-state index in [9.17, 15) is 4.79 Å². The first-order chi connectivity index (χ1) is 8.08. The molecule has 0 aliphatic heterocycles. The summed E-state index contributed by atoms with van der Waals surface area (Å²) in [6.07, 6.45) is 1.49. The number of carbonyl (C=O) groups is 1. The highest BCUT2D eigenvalue weighted by Gasteiger charge is 2.14. The van der Waals surface area contributed by atoms with Crippen LogP contribution in [0.25, 0.3) is 0 Å². The maximum absolute atomic E-state index is 11.9. The second kappa shape index (κ2) is 8.29. The fraction of sp³-hybridized carbons (Fsp3) is 0.500. The van der Waals surface area contributed by atoms with Gasteiger partial charge in [-0.05, 0) is 32.1 Å². The van der Waals surface area contributed by atoms with Crippen LogP contribution in [-0.4, -0.2) is 35.0 Å². The van der Waals surface area contributed by atoms with Crippen molar-refractivity contribution in [3.05, 3.63) is 29.0 Å². The zero-order valence-corrected chi connectivity index (χ0v) is 12.4. The minimum Gasteiger partial charge on any atom is -0.337 e. The minimum absolute atomic E-state index is 0. The van der Waals surface area contributed by atoms with Crippen molar-refractivity contribution >= 4 is 29.9 Å². The van der Waals surface area contributed by atoms with Crippen LogP contribution in [0.4, 0.5) is 0 Å². The van der Waals surface area contributed by atoms with Crippen molar-refractivity contribution < 1.29 is 4.79 Å². The molecule has 1 amide bonds. The number of halogens is 2. The minimum atomic E-state index is -0.131. The molecule has 102 valence electrons. The Morgan fingerprint density at radius 1 is 1.44 bits per heavy atom. The molecule has 1 aromatic rings. The Morgan fingerprint density at radius 2 is 2.06 bits per heavy atom. The zero-order valence-electron chi connectivity index (χ0n) is 10.8. The predicted molar refractivity (Wildman–Crippen MR) is 76.3 cm³/mol. The molecule has 0 fully saturated rings. The van der Waals surface area contributed by atoms with Crippen LogP contribution in [0.3, 0.4) is 0 Å². The molecule has 1 N–H and O–H groups in total. The molecule has 18 heavy (non-hydrogen) atoms. The van der Waals surface area contributed by atoms with E-state index in [1.54, 1.807) is 12.1 Å². The molecule has 0 aromatic carbocycles. The van der Waals surface area contributed by atoms with E-state index in [2.05, 4.69) is 29.0 Å². The van der Waals surface area contributed by atoms with Crippen LogP contribution in [0.5, 0.6) is 0 Å². The molecule has 1 heterocycles. The Bertz CT molecular complexity index is 366. The molecule has 0 saturated heterocycles. The summed E-state index contributed by atoms with van der Waals surface area (Å²) in [5, 5.41) is 3.31. The normalized spacial score (nSPS) is 11.8. The SMILES string of the molecule is CCN(CC)C(C)NC(=O)c1ccc(Cl)nc1.Cl. The van der Waals surface area contributed by atoms with Crippen LogP contribution in [-0.2, 0) is 0 Å². The fourth-order valence-corrected chi connectivity index (χ4v) is 1.76. The lowest BCUT2D eigenvalue weighted by atomic mass is 10.2. The maximum atomic E-state index is 11.9. The first-order valence-corrected chi connectivity index (χ1v) is 6.12. The second-order valence-electron chi connectivity index (χ2n) is 3.74. The van der Waals surface area contributed by atoms with Gasteiger partial charge in [-0.3, -0.25) is 9.69 Å². The molecule has 1 aromatic heterocycles. The number of aromatic nitrogens is 1. The van der Waals surface area contributed by atoms with Crippen LogP contribution in [0, 0.1) is 0 Å².